The van der Waals surface area contributed by atoms with Crippen LogP contribution in [0.3, 0.4) is 0 Å². The Morgan fingerprint density at radius 3 is 1.21 bits per heavy atom. The molecule has 6 nitrogen and oxygen atoms in total. The molecule has 0 atom stereocenters. The van der Waals surface area contributed by atoms with Crippen LogP contribution in [-0.4, -0.2) is 28.7 Å². The zero-order chi connectivity index (χ0) is 25.8. The molecule has 3 aromatic heterocycles. The smallest absolute Gasteiger partial charge is 0.111 e. The third-order valence-corrected chi connectivity index (χ3v) is 6.45. The van der Waals surface area contributed by atoms with E-state index in [0.29, 0.717) is 17.8 Å². The number of imidazole rings is 3. The molecular weight excluding hydrogens is 408 g/mol. The molecule has 0 aromatic carbocycles. The Kier molecular flexibility index (Phi) is 10.1. The Morgan fingerprint density at radius 2 is 1.03 bits per heavy atom. The van der Waals surface area contributed by atoms with Gasteiger partial charge in [0, 0.05) is 44.1 Å². The monoisotopic (exact) mass is 456 g/mol. The molecule has 0 aliphatic rings. The zero-order valence-electron chi connectivity index (χ0n) is 23.9. The summed E-state index contributed by atoms with van der Waals surface area (Å²) in [6.07, 6.45) is 0. The van der Waals surface area contributed by atoms with E-state index < -0.39 is 0 Å². The van der Waals surface area contributed by atoms with Crippen molar-refractivity contribution in [1.29, 1.82) is 0 Å². The normalized spacial score (nSPS) is 11.1. The van der Waals surface area contributed by atoms with E-state index in [1.54, 1.807) is 0 Å². The number of nitrogens with zero attached hydrogens (tertiary/aromatic N) is 6. The molecule has 3 aromatic rings. The first-order valence-corrected chi connectivity index (χ1v) is 12.1. The highest BCUT2D eigenvalue weighted by atomic mass is 15.1. The second kappa shape index (κ2) is 11.7. The third-order valence-electron chi connectivity index (χ3n) is 6.45. The topological polar surface area (TPSA) is 53.5 Å². The molecule has 33 heavy (non-hydrogen) atoms. The molecule has 0 fully saturated rings. The minimum atomic E-state index is 0.521. The van der Waals surface area contributed by atoms with Gasteiger partial charge in [-0.15, -0.1) is 0 Å². The molecule has 0 amide bonds. The Bertz CT molecular complexity index is 988. The van der Waals surface area contributed by atoms with Crippen molar-refractivity contribution in [3.05, 3.63) is 51.6 Å². The molecule has 6 heteroatoms. The zero-order valence-corrected chi connectivity index (χ0v) is 23.9. The van der Waals surface area contributed by atoms with E-state index in [9.17, 15) is 0 Å². The van der Waals surface area contributed by atoms with Crippen molar-refractivity contribution in [3.63, 3.8) is 0 Å². The Hall–Kier alpha value is -2.37. The van der Waals surface area contributed by atoms with Crippen LogP contribution in [0.2, 0.25) is 0 Å². The van der Waals surface area contributed by atoms with Crippen molar-refractivity contribution >= 4 is 0 Å². The van der Waals surface area contributed by atoms with Gasteiger partial charge in [-0.3, -0.25) is 0 Å². The lowest BCUT2D eigenvalue weighted by atomic mass is 10.1. The number of hydrogen-bond acceptors (Lipinski definition) is 3. The fraction of sp³-hybridized carbons (Fsp3) is 0.667. The first kappa shape index (κ1) is 28.7. The predicted molar refractivity (Wildman–Crippen MR) is 140 cm³/mol. The minimum Gasteiger partial charge on any atom is -0.335 e. The third kappa shape index (κ3) is 6.81. The standard InChI is InChI=1S/3C9H16N2/c1-6(2)9-7(3)11(5)8(4)10-9;1-6(2)9-7(3)10-8(4)11(9)5;1-6(2)9-10-7(3)8(4)11(9)5/h3*6H,1-5H3. The lowest BCUT2D eigenvalue weighted by molar-refractivity contribution is 0.700. The summed E-state index contributed by atoms with van der Waals surface area (Å²) in [5.74, 6) is 5.01. The lowest BCUT2D eigenvalue weighted by Gasteiger charge is -2.07. The van der Waals surface area contributed by atoms with Crippen LogP contribution >= 0.6 is 0 Å². The highest BCUT2D eigenvalue weighted by Crippen LogP contribution is 2.19. The lowest BCUT2D eigenvalue weighted by Crippen LogP contribution is -2.00. The molecule has 0 aliphatic carbocycles. The van der Waals surface area contributed by atoms with Gasteiger partial charge in [0.2, 0.25) is 0 Å². The molecule has 3 rings (SSSR count). The summed E-state index contributed by atoms with van der Waals surface area (Å²) in [6.45, 7) is 25.5. The van der Waals surface area contributed by atoms with Gasteiger partial charge in [-0.05, 0) is 53.4 Å². The molecule has 0 unspecified atom stereocenters. The van der Waals surface area contributed by atoms with Crippen molar-refractivity contribution in [3.8, 4) is 0 Å². The molecule has 186 valence electrons. The fourth-order valence-corrected chi connectivity index (χ4v) is 4.15. The van der Waals surface area contributed by atoms with Gasteiger partial charge in [0.25, 0.3) is 0 Å². The van der Waals surface area contributed by atoms with Crippen LogP contribution in [0.25, 0.3) is 0 Å². The quantitative estimate of drug-likeness (QED) is 0.453. The number of aryl methyl sites for hydroxylation is 4. The second-order valence-electron chi connectivity index (χ2n) is 10.0. The average Bonchev–Trinajstić information content (AvgIpc) is 3.24. The molecule has 0 radical (unpaired) electrons. The molecule has 0 N–H and O–H groups in total. The van der Waals surface area contributed by atoms with E-state index in [2.05, 4.69) is 119 Å². The molecule has 0 bridgehead atoms. The number of aromatic nitrogens is 6. The maximum atomic E-state index is 4.47. The molecule has 0 saturated carbocycles. The predicted octanol–water partition coefficient (Wildman–Crippen LogP) is 6.48. The van der Waals surface area contributed by atoms with E-state index in [1.165, 1.54) is 34.3 Å². The molecule has 0 spiro atoms. The van der Waals surface area contributed by atoms with E-state index in [4.69, 9.17) is 0 Å². The number of rotatable bonds is 3. The van der Waals surface area contributed by atoms with E-state index >= 15 is 0 Å². The summed E-state index contributed by atoms with van der Waals surface area (Å²) in [6, 6.07) is 0. The fourth-order valence-electron chi connectivity index (χ4n) is 4.15. The highest BCUT2D eigenvalue weighted by Gasteiger charge is 2.12. The van der Waals surface area contributed by atoms with Gasteiger partial charge in [0.05, 0.1) is 17.1 Å². The molecule has 3 heterocycles. The summed E-state index contributed by atoms with van der Waals surface area (Å²) in [5, 5.41) is 0. The first-order valence-electron chi connectivity index (χ1n) is 12.1. The van der Waals surface area contributed by atoms with Gasteiger partial charge in [-0.2, -0.15) is 0 Å². The van der Waals surface area contributed by atoms with Gasteiger partial charge in [0.15, 0.2) is 0 Å². The van der Waals surface area contributed by atoms with Crippen molar-refractivity contribution < 1.29 is 0 Å². The maximum Gasteiger partial charge on any atom is 0.111 e. The van der Waals surface area contributed by atoms with Crippen molar-refractivity contribution in [2.24, 2.45) is 21.1 Å². The van der Waals surface area contributed by atoms with Crippen LogP contribution in [0, 0.1) is 41.5 Å². The Labute approximate surface area is 202 Å². The Balaban J connectivity index is 0.000000247. The van der Waals surface area contributed by atoms with Crippen LogP contribution in [0.4, 0.5) is 0 Å². The van der Waals surface area contributed by atoms with Gasteiger partial charge < -0.3 is 13.7 Å². The summed E-state index contributed by atoms with van der Waals surface area (Å²) < 4.78 is 6.47. The Morgan fingerprint density at radius 1 is 0.515 bits per heavy atom. The average molecular weight is 457 g/mol. The van der Waals surface area contributed by atoms with E-state index in [-0.39, 0.29) is 0 Å². The summed E-state index contributed by atoms with van der Waals surface area (Å²) >= 11 is 0. The first-order chi connectivity index (χ1) is 15.1. The maximum absolute atomic E-state index is 4.47. The summed E-state index contributed by atoms with van der Waals surface area (Å²) in [5.41, 5.74) is 7.45. The van der Waals surface area contributed by atoms with Crippen LogP contribution in [0.5, 0.6) is 0 Å². The summed E-state index contributed by atoms with van der Waals surface area (Å²) in [7, 11) is 6.21. The van der Waals surface area contributed by atoms with Gasteiger partial charge in [0.1, 0.15) is 17.5 Å². The van der Waals surface area contributed by atoms with Crippen LogP contribution < -0.4 is 0 Å². The number of hydrogen-bond donors (Lipinski definition) is 0. The molecule has 0 saturated heterocycles. The minimum absolute atomic E-state index is 0.521. The SMILES string of the molecule is Cc1nc(C(C)C)c(C)n1C.Cc1nc(C(C)C)n(C)c1C.Cc1nc(C)n(C)c1C(C)C. The van der Waals surface area contributed by atoms with Crippen LogP contribution in [0.1, 0.15) is 111 Å². The highest BCUT2D eigenvalue weighted by molar-refractivity contribution is 5.19. The summed E-state index contributed by atoms with van der Waals surface area (Å²) in [4.78, 5) is 13.3. The van der Waals surface area contributed by atoms with Gasteiger partial charge >= 0.3 is 0 Å². The van der Waals surface area contributed by atoms with Gasteiger partial charge in [-0.25, -0.2) is 15.0 Å². The van der Waals surface area contributed by atoms with Crippen LogP contribution in [-0.2, 0) is 21.1 Å². The van der Waals surface area contributed by atoms with E-state index in [0.717, 1.165) is 17.3 Å². The largest absolute Gasteiger partial charge is 0.335 e. The van der Waals surface area contributed by atoms with Crippen molar-refractivity contribution in [2.75, 3.05) is 0 Å². The van der Waals surface area contributed by atoms with Crippen molar-refractivity contribution in [2.45, 2.75) is 101 Å². The van der Waals surface area contributed by atoms with Crippen molar-refractivity contribution in [1.82, 2.24) is 28.7 Å². The van der Waals surface area contributed by atoms with E-state index in [1.807, 2.05) is 13.8 Å². The van der Waals surface area contributed by atoms with Gasteiger partial charge in [-0.1, -0.05) is 41.5 Å². The second-order valence-corrected chi connectivity index (χ2v) is 10.0. The van der Waals surface area contributed by atoms with Crippen LogP contribution in [0.15, 0.2) is 0 Å². The molecular formula is C27H48N6. The molecule has 0 aliphatic heterocycles.